The molecule has 0 aliphatic heterocycles. The molecule has 0 aromatic heterocycles. The monoisotopic (exact) mass is 307 g/mol. The molecule has 6 heteroatoms. The van der Waals surface area contributed by atoms with Crippen LogP contribution in [-0.4, -0.2) is 4.92 Å². The van der Waals surface area contributed by atoms with Gasteiger partial charge in [0.2, 0.25) is 0 Å². The van der Waals surface area contributed by atoms with Gasteiger partial charge in [-0.1, -0.05) is 12.1 Å². The highest BCUT2D eigenvalue weighted by Gasteiger charge is 2.14. The van der Waals surface area contributed by atoms with Gasteiger partial charge in [0.05, 0.1) is 10.6 Å². The van der Waals surface area contributed by atoms with E-state index in [0.717, 1.165) is 10.2 Å². The van der Waals surface area contributed by atoms with Crippen LogP contribution in [0, 0.1) is 10.1 Å². The fourth-order valence-corrected chi connectivity index (χ4v) is 1.90. The number of anilines is 3. The molecule has 2 aromatic carbocycles. The third-order valence-corrected chi connectivity index (χ3v) is 3.05. The Morgan fingerprint density at radius 2 is 1.89 bits per heavy atom. The number of rotatable bonds is 3. The van der Waals surface area contributed by atoms with Crippen LogP contribution in [0.15, 0.2) is 46.9 Å². The van der Waals surface area contributed by atoms with E-state index in [4.69, 9.17) is 5.73 Å². The number of halogens is 1. The van der Waals surface area contributed by atoms with E-state index in [2.05, 4.69) is 21.2 Å². The predicted octanol–water partition coefficient (Wildman–Crippen LogP) is 3.68. The maximum absolute atomic E-state index is 10.9. The number of para-hydroxylation sites is 1. The molecule has 0 unspecified atom stereocenters. The zero-order valence-electron chi connectivity index (χ0n) is 9.26. The Morgan fingerprint density at radius 3 is 2.56 bits per heavy atom. The van der Waals surface area contributed by atoms with Crippen LogP contribution in [-0.2, 0) is 0 Å². The van der Waals surface area contributed by atoms with Crippen LogP contribution in [0.3, 0.4) is 0 Å². The standard InChI is InChI=1S/C12H10BrN3O2/c13-9-3-1-2-4-10(9)15-11-6-5-8(14)7-12(11)16(17)18/h1-7,15H,14H2. The summed E-state index contributed by atoms with van der Waals surface area (Å²) in [4.78, 5) is 10.5. The Kier molecular flexibility index (Phi) is 3.47. The summed E-state index contributed by atoms with van der Waals surface area (Å²) in [6.07, 6.45) is 0. The smallest absolute Gasteiger partial charge is 0.294 e. The first-order valence-electron chi connectivity index (χ1n) is 5.13. The molecule has 0 aliphatic carbocycles. The first-order valence-corrected chi connectivity index (χ1v) is 5.92. The third kappa shape index (κ3) is 2.60. The van der Waals surface area contributed by atoms with E-state index in [9.17, 15) is 10.1 Å². The predicted molar refractivity (Wildman–Crippen MR) is 74.9 cm³/mol. The molecule has 0 heterocycles. The highest BCUT2D eigenvalue weighted by molar-refractivity contribution is 9.10. The van der Waals surface area contributed by atoms with Gasteiger partial charge in [0.25, 0.3) is 5.69 Å². The SMILES string of the molecule is Nc1ccc(Nc2ccccc2Br)c([N+](=O)[O-])c1. The van der Waals surface area contributed by atoms with Crippen molar-refractivity contribution < 1.29 is 4.92 Å². The minimum Gasteiger partial charge on any atom is -0.399 e. The van der Waals surface area contributed by atoms with Crippen LogP contribution < -0.4 is 11.1 Å². The van der Waals surface area contributed by atoms with Gasteiger partial charge in [-0.25, -0.2) is 0 Å². The van der Waals surface area contributed by atoms with Crippen LogP contribution in [0.5, 0.6) is 0 Å². The van der Waals surface area contributed by atoms with Crippen LogP contribution in [0.2, 0.25) is 0 Å². The first-order chi connectivity index (χ1) is 8.58. The Hall–Kier alpha value is -2.08. The number of nitrogens with zero attached hydrogens (tertiary/aromatic N) is 1. The first kappa shape index (κ1) is 12.4. The van der Waals surface area contributed by atoms with Crippen molar-refractivity contribution in [1.29, 1.82) is 0 Å². The van der Waals surface area contributed by atoms with Gasteiger partial charge in [0.15, 0.2) is 0 Å². The van der Waals surface area contributed by atoms with E-state index in [1.807, 2.05) is 24.3 Å². The molecule has 0 atom stereocenters. The molecule has 92 valence electrons. The van der Waals surface area contributed by atoms with Crippen molar-refractivity contribution in [1.82, 2.24) is 0 Å². The van der Waals surface area contributed by atoms with E-state index in [-0.39, 0.29) is 5.69 Å². The van der Waals surface area contributed by atoms with Crippen molar-refractivity contribution in [2.75, 3.05) is 11.1 Å². The molecule has 0 radical (unpaired) electrons. The molecule has 3 N–H and O–H groups in total. The summed E-state index contributed by atoms with van der Waals surface area (Å²) in [6, 6.07) is 11.9. The van der Waals surface area contributed by atoms with Crippen LogP contribution in [0.4, 0.5) is 22.7 Å². The summed E-state index contributed by atoms with van der Waals surface area (Å²) in [5, 5.41) is 14.0. The molecule has 5 nitrogen and oxygen atoms in total. The van der Waals surface area contributed by atoms with Gasteiger partial charge in [0, 0.05) is 16.2 Å². The maximum Gasteiger partial charge on any atom is 0.294 e. The number of nitro groups is 1. The Balaban J connectivity index is 2.41. The van der Waals surface area contributed by atoms with Gasteiger partial charge >= 0.3 is 0 Å². The third-order valence-electron chi connectivity index (χ3n) is 2.36. The van der Waals surface area contributed by atoms with Gasteiger partial charge in [-0.2, -0.15) is 0 Å². The fourth-order valence-electron chi connectivity index (χ4n) is 1.51. The molecular formula is C12H10BrN3O2. The van der Waals surface area contributed by atoms with Crippen LogP contribution in [0.25, 0.3) is 0 Å². The Bertz CT molecular complexity index is 602. The lowest BCUT2D eigenvalue weighted by Crippen LogP contribution is -1.98. The van der Waals surface area contributed by atoms with Crippen molar-refractivity contribution in [3.05, 3.63) is 57.1 Å². The maximum atomic E-state index is 10.9. The minimum atomic E-state index is -0.463. The summed E-state index contributed by atoms with van der Waals surface area (Å²) in [5.74, 6) is 0. The summed E-state index contributed by atoms with van der Waals surface area (Å²) >= 11 is 3.37. The van der Waals surface area contributed by atoms with Gasteiger partial charge in [0.1, 0.15) is 5.69 Å². The zero-order chi connectivity index (χ0) is 13.1. The number of nitrogens with two attached hydrogens (primary N) is 1. The summed E-state index contributed by atoms with van der Waals surface area (Å²) < 4.78 is 0.830. The highest BCUT2D eigenvalue weighted by Crippen LogP contribution is 2.32. The Morgan fingerprint density at radius 1 is 1.17 bits per heavy atom. The van der Waals surface area contributed by atoms with Crippen LogP contribution in [0.1, 0.15) is 0 Å². The van der Waals surface area contributed by atoms with Gasteiger partial charge < -0.3 is 11.1 Å². The summed E-state index contributed by atoms with van der Waals surface area (Å²) in [5.41, 5.74) is 7.02. The van der Waals surface area contributed by atoms with E-state index in [1.54, 1.807) is 12.1 Å². The molecular weight excluding hydrogens is 298 g/mol. The molecule has 2 rings (SSSR count). The van der Waals surface area contributed by atoms with Crippen molar-refractivity contribution in [3.63, 3.8) is 0 Å². The average Bonchev–Trinajstić information content (AvgIpc) is 2.34. The van der Waals surface area contributed by atoms with Crippen molar-refractivity contribution in [3.8, 4) is 0 Å². The van der Waals surface area contributed by atoms with E-state index in [1.165, 1.54) is 6.07 Å². The molecule has 0 bridgehead atoms. The van der Waals surface area contributed by atoms with Crippen molar-refractivity contribution in [2.45, 2.75) is 0 Å². The van der Waals surface area contributed by atoms with E-state index in [0.29, 0.717) is 11.4 Å². The van der Waals surface area contributed by atoms with E-state index < -0.39 is 4.92 Å². The summed E-state index contributed by atoms with van der Waals surface area (Å²) in [6.45, 7) is 0. The number of hydrogen-bond acceptors (Lipinski definition) is 4. The van der Waals surface area contributed by atoms with Gasteiger partial charge in [-0.05, 0) is 40.2 Å². The van der Waals surface area contributed by atoms with E-state index >= 15 is 0 Å². The number of hydrogen-bond donors (Lipinski definition) is 2. The number of benzene rings is 2. The lowest BCUT2D eigenvalue weighted by atomic mass is 10.2. The number of nitrogen functional groups attached to an aromatic ring is 1. The molecule has 0 saturated heterocycles. The topological polar surface area (TPSA) is 81.2 Å². The molecule has 0 saturated carbocycles. The quantitative estimate of drug-likeness (QED) is 0.515. The fraction of sp³-hybridized carbons (Fsp3) is 0. The minimum absolute atomic E-state index is 0.0502. The Labute approximate surface area is 112 Å². The molecule has 0 amide bonds. The summed E-state index contributed by atoms with van der Waals surface area (Å²) in [7, 11) is 0. The lowest BCUT2D eigenvalue weighted by molar-refractivity contribution is -0.383. The molecule has 0 aliphatic rings. The van der Waals surface area contributed by atoms with Crippen LogP contribution >= 0.6 is 15.9 Å². The number of nitro benzene ring substituents is 1. The average molecular weight is 308 g/mol. The van der Waals surface area contributed by atoms with Gasteiger partial charge in [-0.3, -0.25) is 10.1 Å². The normalized spacial score (nSPS) is 10.1. The van der Waals surface area contributed by atoms with Crippen molar-refractivity contribution in [2.24, 2.45) is 0 Å². The molecule has 0 fully saturated rings. The lowest BCUT2D eigenvalue weighted by Gasteiger charge is -2.09. The van der Waals surface area contributed by atoms with Gasteiger partial charge in [-0.15, -0.1) is 0 Å². The molecule has 18 heavy (non-hydrogen) atoms. The second kappa shape index (κ2) is 5.05. The molecule has 2 aromatic rings. The second-order valence-electron chi connectivity index (χ2n) is 3.64. The number of nitrogens with one attached hydrogen (secondary N) is 1. The second-order valence-corrected chi connectivity index (χ2v) is 4.49. The van der Waals surface area contributed by atoms with Crippen molar-refractivity contribution >= 4 is 38.7 Å². The largest absolute Gasteiger partial charge is 0.399 e. The molecule has 0 spiro atoms. The highest BCUT2D eigenvalue weighted by atomic mass is 79.9. The zero-order valence-corrected chi connectivity index (χ0v) is 10.8.